The van der Waals surface area contributed by atoms with E-state index in [-0.39, 0.29) is 29.3 Å². The summed E-state index contributed by atoms with van der Waals surface area (Å²) in [5.74, 6) is 0.965. The fourth-order valence-corrected chi connectivity index (χ4v) is 6.97. The van der Waals surface area contributed by atoms with E-state index in [1.54, 1.807) is 0 Å². The van der Waals surface area contributed by atoms with E-state index in [0.29, 0.717) is 18.3 Å². The lowest BCUT2D eigenvalue weighted by molar-refractivity contribution is -0.159. The third kappa shape index (κ3) is 4.90. The summed E-state index contributed by atoms with van der Waals surface area (Å²) in [5, 5.41) is 11.9. The molecule has 3 aliphatic rings. The van der Waals surface area contributed by atoms with Crippen LogP contribution in [0.3, 0.4) is 0 Å². The highest BCUT2D eigenvalue weighted by Crippen LogP contribution is 2.51. The number of esters is 1. The second-order valence-electron chi connectivity index (χ2n) is 11.5. The Balaban J connectivity index is 1.49. The van der Waals surface area contributed by atoms with Crippen molar-refractivity contribution in [3.63, 3.8) is 0 Å². The maximum absolute atomic E-state index is 11.9. The lowest BCUT2D eigenvalue weighted by Gasteiger charge is -2.53. The Morgan fingerprint density at radius 3 is 2.85 bits per heavy atom. The van der Waals surface area contributed by atoms with Crippen molar-refractivity contribution in [1.82, 2.24) is 9.88 Å². The van der Waals surface area contributed by atoms with Crippen molar-refractivity contribution >= 4 is 5.97 Å². The van der Waals surface area contributed by atoms with E-state index in [0.717, 1.165) is 38.0 Å². The van der Waals surface area contributed by atoms with Crippen LogP contribution < -0.4 is 0 Å². The summed E-state index contributed by atoms with van der Waals surface area (Å²) < 4.78 is 5.57. The van der Waals surface area contributed by atoms with Crippen LogP contribution in [-0.4, -0.2) is 52.3 Å². The number of piperidine rings is 1. The Bertz CT molecular complexity index is 871. The molecule has 1 saturated heterocycles. The van der Waals surface area contributed by atoms with Crippen molar-refractivity contribution in [3.05, 3.63) is 41.7 Å². The lowest BCUT2D eigenvalue weighted by Crippen LogP contribution is -2.56. The molecular formula is C28H42N2O3. The second kappa shape index (κ2) is 9.50. The van der Waals surface area contributed by atoms with Gasteiger partial charge in [-0.25, -0.2) is 0 Å². The number of pyridine rings is 1. The first-order chi connectivity index (χ1) is 15.6. The molecule has 5 heteroatoms. The number of hydrogen-bond donors (Lipinski definition) is 1. The van der Waals surface area contributed by atoms with Crippen molar-refractivity contribution in [1.29, 1.82) is 0 Å². The van der Waals surface area contributed by atoms with E-state index in [4.69, 9.17) is 4.74 Å². The van der Waals surface area contributed by atoms with Crippen LogP contribution in [0.2, 0.25) is 0 Å². The first-order valence-corrected chi connectivity index (χ1v) is 12.8. The topological polar surface area (TPSA) is 62.7 Å². The zero-order valence-corrected chi connectivity index (χ0v) is 21.1. The minimum Gasteiger partial charge on any atom is -0.458 e. The molecule has 0 spiro atoms. The van der Waals surface area contributed by atoms with Crippen LogP contribution in [0.5, 0.6) is 0 Å². The Labute approximate surface area is 199 Å². The molecule has 2 unspecified atom stereocenters. The number of fused-ring (bicyclic) bond motifs is 1. The van der Waals surface area contributed by atoms with E-state index in [1.165, 1.54) is 25.5 Å². The van der Waals surface area contributed by atoms with Gasteiger partial charge in [-0.3, -0.25) is 9.78 Å². The molecule has 1 aliphatic heterocycles. The van der Waals surface area contributed by atoms with Gasteiger partial charge in [-0.1, -0.05) is 32.9 Å². The zero-order valence-electron chi connectivity index (χ0n) is 21.1. The van der Waals surface area contributed by atoms with Crippen LogP contribution in [0.15, 0.2) is 36.0 Å². The molecular weight excluding hydrogens is 412 g/mol. The molecule has 33 heavy (non-hydrogen) atoms. The molecule has 182 valence electrons. The number of rotatable bonds is 5. The van der Waals surface area contributed by atoms with Gasteiger partial charge in [0.15, 0.2) is 0 Å². The minimum absolute atomic E-state index is 0.0969. The SMILES string of the molecule is CC(=O)O[C@@H]1C[C@@]2(O)[C@H](C)CC[C@@H](C(C)CN3CCCC(C)(c4ccccn4)C3)[C@H]2C=C1C. The Hall–Kier alpha value is -1.72. The molecule has 1 aromatic rings. The molecule has 0 radical (unpaired) electrons. The third-order valence-electron chi connectivity index (χ3n) is 8.93. The van der Waals surface area contributed by atoms with Crippen LogP contribution in [0, 0.1) is 23.7 Å². The Kier molecular flexibility index (Phi) is 7.02. The normalized spacial score (nSPS) is 38.2. The van der Waals surface area contributed by atoms with Crippen LogP contribution in [-0.2, 0) is 14.9 Å². The molecule has 2 heterocycles. The standard InChI is InChI=1S/C28H42N2O3/c1-19-15-24-23(11-10-21(3)28(24,32)16-25(19)33-22(4)31)20(2)17-30-14-8-12-27(5,18-30)26-9-6-7-13-29-26/h6-7,9,13,15,20-21,23-25,32H,8,10-12,14,16-18H2,1-5H3/t20?,21-,23+,24-,25-,27?,28-/m1/s1. The highest BCUT2D eigenvalue weighted by Gasteiger charge is 2.53. The monoisotopic (exact) mass is 454 g/mol. The van der Waals surface area contributed by atoms with Gasteiger partial charge in [0.05, 0.1) is 5.60 Å². The number of ether oxygens (including phenoxy) is 1. The number of carbonyl (C=O) groups excluding carboxylic acids is 1. The van der Waals surface area contributed by atoms with Crippen LogP contribution in [0.1, 0.15) is 72.4 Å². The molecule has 4 rings (SSSR count). The fraction of sp³-hybridized carbons (Fsp3) is 0.714. The number of likely N-dealkylation sites (tertiary alicyclic amines) is 1. The molecule has 0 bridgehead atoms. The Morgan fingerprint density at radius 1 is 1.36 bits per heavy atom. The van der Waals surface area contributed by atoms with E-state index in [9.17, 15) is 9.90 Å². The third-order valence-corrected chi connectivity index (χ3v) is 8.93. The predicted octanol–water partition coefficient (Wildman–Crippen LogP) is 4.75. The zero-order chi connectivity index (χ0) is 23.8. The van der Waals surface area contributed by atoms with Gasteiger partial charge in [-0.15, -0.1) is 0 Å². The van der Waals surface area contributed by atoms with Gasteiger partial charge in [0.1, 0.15) is 6.10 Å². The van der Waals surface area contributed by atoms with Gasteiger partial charge in [0.2, 0.25) is 0 Å². The number of nitrogens with zero attached hydrogens (tertiary/aromatic N) is 2. The highest BCUT2D eigenvalue weighted by atomic mass is 16.5. The number of hydrogen-bond acceptors (Lipinski definition) is 5. The largest absolute Gasteiger partial charge is 0.458 e. The van der Waals surface area contributed by atoms with Crippen molar-refractivity contribution < 1.29 is 14.6 Å². The van der Waals surface area contributed by atoms with Crippen molar-refractivity contribution in [2.75, 3.05) is 19.6 Å². The van der Waals surface area contributed by atoms with Crippen molar-refractivity contribution in [3.8, 4) is 0 Å². The summed E-state index contributed by atoms with van der Waals surface area (Å²) in [6.45, 7) is 13.6. The quantitative estimate of drug-likeness (QED) is 0.514. The first-order valence-electron chi connectivity index (χ1n) is 12.8. The molecule has 1 aromatic heterocycles. The molecule has 7 atom stereocenters. The highest BCUT2D eigenvalue weighted by molar-refractivity contribution is 5.66. The maximum atomic E-state index is 11.9. The molecule has 2 fully saturated rings. The van der Waals surface area contributed by atoms with Crippen LogP contribution in [0.4, 0.5) is 0 Å². The Morgan fingerprint density at radius 2 is 2.15 bits per heavy atom. The smallest absolute Gasteiger partial charge is 0.303 e. The van der Waals surface area contributed by atoms with Gasteiger partial charge < -0.3 is 14.7 Å². The number of aliphatic hydroxyl groups is 1. The fourth-order valence-electron chi connectivity index (χ4n) is 6.97. The molecule has 0 amide bonds. The number of carbonyl (C=O) groups is 1. The van der Waals surface area contributed by atoms with Crippen molar-refractivity contribution in [2.24, 2.45) is 23.7 Å². The summed E-state index contributed by atoms with van der Waals surface area (Å²) in [5.41, 5.74) is 1.58. The van der Waals surface area contributed by atoms with Gasteiger partial charge in [0.25, 0.3) is 0 Å². The molecule has 1 N–H and O–H groups in total. The van der Waals surface area contributed by atoms with E-state index in [1.807, 2.05) is 12.3 Å². The average molecular weight is 455 g/mol. The summed E-state index contributed by atoms with van der Waals surface area (Å²) >= 11 is 0. The molecule has 2 aliphatic carbocycles. The maximum Gasteiger partial charge on any atom is 0.303 e. The van der Waals surface area contributed by atoms with Gasteiger partial charge in [0, 0.05) is 49.7 Å². The average Bonchev–Trinajstić information content (AvgIpc) is 2.76. The van der Waals surface area contributed by atoms with E-state index in [2.05, 4.69) is 55.8 Å². The van der Waals surface area contributed by atoms with Gasteiger partial charge in [-0.05, 0) is 74.6 Å². The number of aromatic nitrogens is 1. The molecule has 1 saturated carbocycles. The lowest BCUT2D eigenvalue weighted by atomic mass is 9.57. The minimum atomic E-state index is -0.804. The van der Waals surface area contributed by atoms with E-state index < -0.39 is 5.60 Å². The first kappa shape index (κ1) is 24.4. The van der Waals surface area contributed by atoms with E-state index >= 15 is 0 Å². The predicted molar refractivity (Wildman–Crippen MR) is 131 cm³/mol. The second-order valence-corrected chi connectivity index (χ2v) is 11.5. The summed E-state index contributed by atoms with van der Waals surface area (Å²) in [4.78, 5) is 18.9. The van der Waals surface area contributed by atoms with Gasteiger partial charge >= 0.3 is 5.97 Å². The van der Waals surface area contributed by atoms with Gasteiger partial charge in [-0.2, -0.15) is 0 Å². The summed E-state index contributed by atoms with van der Waals surface area (Å²) in [6, 6.07) is 6.26. The molecule has 0 aromatic carbocycles. The molecule has 5 nitrogen and oxygen atoms in total. The van der Waals surface area contributed by atoms with Crippen LogP contribution in [0.25, 0.3) is 0 Å². The summed E-state index contributed by atoms with van der Waals surface area (Å²) in [7, 11) is 0. The summed E-state index contributed by atoms with van der Waals surface area (Å²) in [6.07, 6.45) is 8.90. The van der Waals surface area contributed by atoms with Crippen molar-refractivity contribution in [2.45, 2.75) is 83.8 Å². The van der Waals surface area contributed by atoms with Crippen LogP contribution >= 0.6 is 0 Å².